The molecule has 0 radical (unpaired) electrons. The van der Waals surface area contributed by atoms with E-state index in [1.54, 1.807) is 11.8 Å². The number of rotatable bonds is 13. The van der Waals surface area contributed by atoms with Gasteiger partial charge in [-0.05, 0) is 23.3 Å². The second-order valence-corrected chi connectivity index (χ2v) is 8.40. The largest absolute Gasteiger partial charge is 0.352 e. The van der Waals surface area contributed by atoms with E-state index in [-0.39, 0.29) is 23.5 Å². The molecule has 2 rings (SSSR count). The first-order valence-corrected chi connectivity index (χ1v) is 11.5. The third-order valence-corrected chi connectivity index (χ3v) is 5.93. The van der Waals surface area contributed by atoms with Crippen molar-refractivity contribution in [1.29, 1.82) is 0 Å². The second kappa shape index (κ2) is 13.8. The van der Waals surface area contributed by atoms with Crippen molar-refractivity contribution in [1.82, 2.24) is 10.6 Å². The van der Waals surface area contributed by atoms with Crippen LogP contribution < -0.4 is 10.6 Å². The lowest BCUT2D eigenvalue weighted by Gasteiger charge is -2.17. The molecule has 2 aromatic carbocycles. The highest BCUT2D eigenvalue weighted by Crippen LogP contribution is 2.18. The summed E-state index contributed by atoms with van der Waals surface area (Å²) in [6.45, 7) is 3.15. The number of thioether (sulfide) groups is 1. The first-order chi connectivity index (χ1) is 14.2. The van der Waals surface area contributed by atoms with Crippen LogP contribution in [-0.4, -0.2) is 22.8 Å². The van der Waals surface area contributed by atoms with Gasteiger partial charge in [-0.15, -0.1) is 11.8 Å². The molecule has 0 heterocycles. The van der Waals surface area contributed by atoms with Crippen molar-refractivity contribution in [3.05, 3.63) is 71.8 Å². The van der Waals surface area contributed by atoms with Gasteiger partial charge in [0.05, 0.1) is 5.25 Å². The van der Waals surface area contributed by atoms with Crippen LogP contribution in [0, 0.1) is 0 Å². The Kier molecular flexibility index (Phi) is 11.0. The molecule has 0 fully saturated rings. The fraction of sp³-hybridized carbons (Fsp3) is 0.417. The van der Waals surface area contributed by atoms with Gasteiger partial charge in [-0.2, -0.15) is 0 Å². The summed E-state index contributed by atoms with van der Waals surface area (Å²) in [6.07, 6.45) is 4.84. The molecule has 29 heavy (non-hydrogen) atoms. The van der Waals surface area contributed by atoms with Gasteiger partial charge in [-0.25, -0.2) is 0 Å². The third-order valence-electron chi connectivity index (χ3n) is 4.62. The van der Waals surface area contributed by atoms with E-state index < -0.39 is 0 Å². The SMILES string of the molecule is CCCCCCS[C@H](CC(=O)NCc1ccccc1)C(=O)NCc1ccccc1. The monoisotopic (exact) mass is 412 g/mol. The van der Waals surface area contributed by atoms with E-state index in [0.29, 0.717) is 13.1 Å². The predicted molar refractivity (Wildman–Crippen MR) is 122 cm³/mol. The Morgan fingerprint density at radius 1 is 0.828 bits per heavy atom. The quantitative estimate of drug-likeness (QED) is 0.469. The molecule has 2 amide bonds. The minimum atomic E-state index is -0.365. The van der Waals surface area contributed by atoms with Crippen LogP contribution in [0.3, 0.4) is 0 Å². The van der Waals surface area contributed by atoms with Crippen LogP contribution in [-0.2, 0) is 22.7 Å². The molecule has 0 saturated heterocycles. The fourth-order valence-electron chi connectivity index (χ4n) is 2.92. The molecular weight excluding hydrogens is 380 g/mol. The molecule has 0 saturated carbocycles. The van der Waals surface area contributed by atoms with Crippen molar-refractivity contribution >= 4 is 23.6 Å². The maximum absolute atomic E-state index is 12.7. The molecule has 2 N–H and O–H groups in total. The second-order valence-electron chi connectivity index (χ2n) is 7.09. The molecule has 2 aromatic rings. The van der Waals surface area contributed by atoms with Gasteiger partial charge in [-0.3, -0.25) is 9.59 Å². The molecule has 1 atom stereocenters. The number of benzene rings is 2. The average Bonchev–Trinajstić information content (AvgIpc) is 2.76. The van der Waals surface area contributed by atoms with Crippen LogP contribution in [0.2, 0.25) is 0 Å². The Morgan fingerprint density at radius 3 is 2.00 bits per heavy atom. The van der Waals surface area contributed by atoms with E-state index in [4.69, 9.17) is 0 Å². The molecule has 0 spiro atoms. The molecular formula is C24H32N2O2S. The topological polar surface area (TPSA) is 58.2 Å². The van der Waals surface area contributed by atoms with Crippen LogP contribution in [0.25, 0.3) is 0 Å². The minimum absolute atomic E-state index is 0.0656. The maximum Gasteiger partial charge on any atom is 0.233 e. The summed E-state index contributed by atoms with van der Waals surface area (Å²) in [7, 11) is 0. The molecule has 0 aliphatic rings. The van der Waals surface area contributed by atoms with Gasteiger partial charge >= 0.3 is 0 Å². The standard InChI is InChI=1S/C24H32N2O2S/c1-2-3-4-11-16-29-22(24(28)26-19-21-14-9-6-10-15-21)17-23(27)25-18-20-12-7-5-8-13-20/h5-10,12-15,22H,2-4,11,16-19H2,1H3,(H,25,27)(H,26,28)/t22-/m1/s1. The number of nitrogens with one attached hydrogen (secondary N) is 2. The van der Waals surface area contributed by atoms with E-state index >= 15 is 0 Å². The van der Waals surface area contributed by atoms with Crippen molar-refractivity contribution < 1.29 is 9.59 Å². The lowest BCUT2D eigenvalue weighted by Crippen LogP contribution is -2.36. The number of amides is 2. The van der Waals surface area contributed by atoms with Gasteiger partial charge in [0.2, 0.25) is 11.8 Å². The zero-order chi connectivity index (χ0) is 20.7. The molecule has 5 heteroatoms. The van der Waals surface area contributed by atoms with Crippen molar-refractivity contribution in [2.24, 2.45) is 0 Å². The van der Waals surface area contributed by atoms with Crippen LogP contribution in [0.15, 0.2) is 60.7 Å². The average molecular weight is 413 g/mol. The van der Waals surface area contributed by atoms with Gasteiger partial charge in [0.25, 0.3) is 0 Å². The maximum atomic E-state index is 12.7. The summed E-state index contributed by atoms with van der Waals surface area (Å²) < 4.78 is 0. The van der Waals surface area contributed by atoms with E-state index in [1.165, 1.54) is 19.3 Å². The number of hydrogen-bond donors (Lipinski definition) is 2. The first-order valence-electron chi connectivity index (χ1n) is 10.4. The lowest BCUT2D eigenvalue weighted by molar-refractivity contribution is -0.126. The lowest BCUT2D eigenvalue weighted by atomic mass is 10.2. The molecule has 0 bridgehead atoms. The summed E-state index contributed by atoms with van der Waals surface area (Å²) in [5.41, 5.74) is 2.11. The molecule has 0 unspecified atom stereocenters. The van der Waals surface area contributed by atoms with E-state index in [9.17, 15) is 9.59 Å². The molecule has 4 nitrogen and oxygen atoms in total. The first kappa shape index (κ1) is 23.0. The van der Waals surface area contributed by atoms with Gasteiger partial charge in [0.15, 0.2) is 0 Å². The summed E-state index contributed by atoms with van der Waals surface area (Å²) in [4.78, 5) is 25.2. The third kappa shape index (κ3) is 9.66. The van der Waals surface area contributed by atoms with Gasteiger partial charge in [0, 0.05) is 19.5 Å². The van der Waals surface area contributed by atoms with E-state index in [0.717, 1.165) is 23.3 Å². The van der Waals surface area contributed by atoms with Crippen molar-refractivity contribution in [2.75, 3.05) is 5.75 Å². The van der Waals surface area contributed by atoms with Crippen molar-refractivity contribution in [2.45, 2.75) is 57.4 Å². The van der Waals surface area contributed by atoms with Crippen LogP contribution >= 0.6 is 11.8 Å². The Bertz CT molecular complexity index is 722. The van der Waals surface area contributed by atoms with Crippen molar-refractivity contribution in [3.8, 4) is 0 Å². The minimum Gasteiger partial charge on any atom is -0.352 e. The predicted octanol–water partition coefficient (Wildman–Crippen LogP) is 4.69. The Labute approximate surface area is 178 Å². The molecule has 156 valence electrons. The highest BCUT2D eigenvalue weighted by Gasteiger charge is 2.22. The Balaban J connectivity index is 1.84. The fourth-order valence-corrected chi connectivity index (χ4v) is 4.08. The summed E-state index contributed by atoms with van der Waals surface area (Å²) in [6, 6.07) is 19.7. The normalized spacial score (nSPS) is 11.6. The van der Waals surface area contributed by atoms with Gasteiger partial charge < -0.3 is 10.6 Å². The summed E-state index contributed by atoms with van der Waals surface area (Å²) in [5, 5.41) is 5.56. The summed E-state index contributed by atoms with van der Waals surface area (Å²) >= 11 is 1.59. The Hall–Kier alpha value is -2.27. The van der Waals surface area contributed by atoms with Gasteiger partial charge in [-0.1, -0.05) is 86.8 Å². The Morgan fingerprint density at radius 2 is 1.41 bits per heavy atom. The smallest absolute Gasteiger partial charge is 0.233 e. The number of hydrogen-bond acceptors (Lipinski definition) is 3. The molecule has 0 aliphatic carbocycles. The van der Waals surface area contributed by atoms with Gasteiger partial charge in [0.1, 0.15) is 0 Å². The van der Waals surface area contributed by atoms with Crippen LogP contribution in [0.1, 0.15) is 50.2 Å². The number of carbonyl (C=O) groups excluding carboxylic acids is 2. The highest BCUT2D eigenvalue weighted by atomic mass is 32.2. The zero-order valence-corrected chi connectivity index (χ0v) is 18.0. The highest BCUT2D eigenvalue weighted by molar-refractivity contribution is 8.00. The molecule has 0 aromatic heterocycles. The van der Waals surface area contributed by atoms with E-state index in [2.05, 4.69) is 17.6 Å². The van der Waals surface area contributed by atoms with E-state index in [1.807, 2.05) is 60.7 Å². The number of unbranched alkanes of at least 4 members (excludes halogenated alkanes) is 3. The molecule has 0 aliphatic heterocycles. The van der Waals surface area contributed by atoms with Crippen molar-refractivity contribution in [3.63, 3.8) is 0 Å². The number of carbonyl (C=O) groups is 2. The van der Waals surface area contributed by atoms with Crippen LogP contribution in [0.4, 0.5) is 0 Å². The summed E-state index contributed by atoms with van der Waals surface area (Å²) in [5.74, 6) is 0.744. The van der Waals surface area contributed by atoms with Crippen LogP contribution in [0.5, 0.6) is 0 Å². The zero-order valence-electron chi connectivity index (χ0n) is 17.2.